The zero-order valence-electron chi connectivity index (χ0n) is 8.93. The molecule has 0 radical (unpaired) electrons. The van der Waals surface area contributed by atoms with Crippen molar-refractivity contribution in [2.45, 2.75) is 19.1 Å². The molecule has 0 unspecified atom stereocenters. The Bertz CT molecular complexity index is 355. The summed E-state index contributed by atoms with van der Waals surface area (Å²) in [5.41, 5.74) is 0.576. The third-order valence-electron chi connectivity index (χ3n) is 2.74. The molecule has 1 aliphatic heterocycles. The lowest BCUT2D eigenvalue weighted by Gasteiger charge is -2.15. The van der Waals surface area contributed by atoms with Crippen LogP contribution in [0.2, 0.25) is 0 Å². The van der Waals surface area contributed by atoms with Crippen molar-refractivity contribution in [1.29, 1.82) is 0 Å². The summed E-state index contributed by atoms with van der Waals surface area (Å²) in [6.07, 6.45) is 0.819. The van der Waals surface area contributed by atoms with Crippen LogP contribution < -0.4 is 0 Å². The van der Waals surface area contributed by atoms with Gasteiger partial charge in [0.25, 0.3) is 0 Å². The zero-order valence-corrected chi connectivity index (χ0v) is 9.69. The van der Waals surface area contributed by atoms with E-state index in [1.807, 2.05) is 18.2 Å². The van der Waals surface area contributed by atoms with Crippen LogP contribution in [0.5, 0.6) is 0 Å². The molecule has 16 heavy (non-hydrogen) atoms. The van der Waals surface area contributed by atoms with Crippen LogP contribution in [0, 0.1) is 0 Å². The van der Waals surface area contributed by atoms with Crippen LogP contribution in [0.3, 0.4) is 0 Å². The van der Waals surface area contributed by atoms with Crippen LogP contribution in [0.4, 0.5) is 4.79 Å². The third-order valence-corrected chi connectivity index (χ3v) is 2.83. The summed E-state index contributed by atoms with van der Waals surface area (Å²) in [5.74, 6) is 0. The first-order valence-electron chi connectivity index (χ1n) is 5.36. The Morgan fingerprint density at radius 1 is 1.44 bits per heavy atom. The van der Waals surface area contributed by atoms with Gasteiger partial charge in [-0.15, -0.1) is 0 Å². The Morgan fingerprint density at radius 3 is 2.88 bits per heavy atom. The fraction of sp³-hybridized carbons (Fsp3) is 0.417. The minimum atomic E-state index is -0.702. The highest BCUT2D eigenvalue weighted by molar-refractivity contribution is 6.61. The molecule has 1 fully saturated rings. The average Bonchev–Trinajstić information content (AvgIpc) is 2.66. The summed E-state index contributed by atoms with van der Waals surface area (Å²) in [6, 6.07) is 10.3. The first kappa shape index (κ1) is 11.4. The number of hydrogen-bond acceptors (Lipinski definition) is 3. The minimum Gasteiger partial charge on any atom is -0.449 e. The van der Waals surface area contributed by atoms with Crippen LogP contribution >= 0.6 is 11.6 Å². The van der Waals surface area contributed by atoms with E-state index in [4.69, 9.17) is 16.3 Å². The lowest BCUT2D eigenvalue weighted by Crippen LogP contribution is -2.23. The topological polar surface area (TPSA) is 29.5 Å². The molecule has 1 heterocycles. The third kappa shape index (κ3) is 3.22. The molecule has 0 amide bonds. The molecule has 4 heteroatoms. The van der Waals surface area contributed by atoms with E-state index in [2.05, 4.69) is 17.0 Å². The van der Waals surface area contributed by atoms with Crippen molar-refractivity contribution in [3.8, 4) is 0 Å². The van der Waals surface area contributed by atoms with Gasteiger partial charge in [-0.05, 0) is 12.0 Å². The van der Waals surface area contributed by atoms with Gasteiger partial charge in [0, 0.05) is 31.2 Å². The Hall–Kier alpha value is -1.06. The van der Waals surface area contributed by atoms with E-state index in [0.29, 0.717) is 0 Å². The van der Waals surface area contributed by atoms with Gasteiger partial charge in [0.2, 0.25) is 0 Å². The molecule has 1 aliphatic rings. The molecular formula is C12H14ClNO2. The fourth-order valence-corrected chi connectivity index (χ4v) is 2.14. The second-order valence-corrected chi connectivity index (χ2v) is 4.30. The second-order valence-electron chi connectivity index (χ2n) is 3.99. The normalized spacial score (nSPS) is 20.9. The number of carbonyl (C=O) groups is 1. The van der Waals surface area contributed by atoms with Crippen molar-refractivity contribution in [2.24, 2.45) is 0 Å². The smallest absolute Gasteiger partial charge is 0.404 e. The Morgan fingerprint density at radius 2 is 2.19 bits per heavy atom. The highest BCUT2D eigenvalue weighted by Crippen LogP contribution is 2.16. The van der Waals surface area contributed by atoms with Crippen molar-refractivity contribution in [2.75, 3.05) is 13.1 Å². The standard InChI is InChI=1S/C12H14ClNO2/c13-12(15)16-11-6-7-14(9-11)8-10-4-2-1-3-5-10/h1-5,11H,6-9H2/t11-/m0/s1. The molecule has 86 valence electrons. The largest absolute Gasteiger partial charge is 0.449 e. The molecule has 1 atom stereocenters. The van der Waals surface area contributed by atoms with Gasteiger partial charge in [0.15, 0.2) is 0 Å². The number of rotatable bonds is 3. The molecular weight excluding hydrogens is 226 g/mol. The number of benzene rings is 1. The number of halogens is 1. The van der Waals surface area contributed by atoms with Gasteiger partial charge in [-0.25, -0.2) is 4.79 Å². The molecule has 3 nitrogen and oxygen atoms in total. The van der Waals surface area contributed by atoms with E-state index in [-0.39, 0.29) is 6.10 Å². The molecule has 1 aromatic carbocycles. The minimum absolute atomic E-state index is 0.0475. The number of ether oxygens (including phenoxy) is 1. The monoisotopic (exact) mass is 239 g/mol. The predicted molar refractivity (Wildman–Crippen MR) is 62.5 cm³/mol. The van der Waals surface area contributed by atoms with Crippen molar-refractivity contribution < 1.29 is 9.53 Å². The summed E-state index contributed by atoms with van der Waals surface area (Å²) in [6.45, 7) is 2.62. The number of nitrogens with zero attached hydrogens (tertiary/aromatic N) is 1. The van der Waals surface area contributed by atoms with Crippen LogP contribution in [-0.2, 0) is 11.3 Å². The predicted octanol–water partition coefficient (Wildman–Crippen LogP) is 2.64. The molecule has 0 aliphatic carbocycles. The maximum absolute atomic E-state index is 10.6. The molecule has 1 saturated heterocycles. The first-order chi connectivity index (χ1) is 7.74. The maximum atomic E-state index is 10.6. The quantitative estimate of drug-likeness (QED) is 0.760. The van der Waals surface area contributed by atoms with Crippen molar-refractivity contribution in [1.82, 2.24) is 4.90 Å². The number of likely N-dealkylation sites (tertiary alicyclic amines) is 1. The Labute approximate surface area is 100.0 Å². The second kappa shape index (κ2) is 5.32. The van der Waals surface area contributed by atoms with Crippen LogP contribution in [0.1, 0.15) is 12.0 Å². The van der Waals surface area contributed by atoms with Gasteiger partial charge in [-0.3, -0.25) is 4.90 Å². The lowest BCUT2D eigenvalue weighted by atomic mass is 10.2. The molecule has 2 rings (SSSR count). The Balaban J connectivity index is 1.83. The van der Waals surface area contributed by atoms with Gasteiger partial charge in [0.1, 0.15) is 6.10 Å². The molecule has 1 aromatic rings. The van der Waals surface area contributed by atoms with Crippen molar-refractivity contribution >= 4 is 17.0 Å². The SMILES string of the molecule is O=C(Cl)O[C@H]1CCN(Cc2ccccc2)C1. The van der Waals surface area contributed by atoms with Gasteiger partial charge >= 0.3 is 5.43 Å². The summed E-state index contributed by atoms with van der Waals surface area (Å²) in [7, 11) is 0. The molecule has 0 saturated carbocycles. The average molecular weight is 240 g/mol. The molecule has 0 N–H and O–H groups in total. The Kier molecular flexibility index (Phi) is 3.80. The van der Waals surface area contributed by atoms with Gasteiger partial charge < -0.3 is 4.74 Å². The van der Waals surface area contributed by atoms with E-state index in [0.717, 1.165) is 26.1 Å². The van der Waals surface area contributed by atoms with Gasteiger partial charge in [-0.1, -0.05) is 30.3 Å². The summed E-state index contributed by atoms with van der Waals surface area (Å²) in [5, 5.41) is 0. The van der Waals surface area contributed by atoms with Crippen LogP contribution in [-0.4, -0.2) is 29.5 Å². The lowest BCUT2D eigenvalue weighted by molar-refractivity contribution is 0.123. The van der Waals surface area contributed by atoms with E-state index in [1.165, 1.54) is 5.56 Å². The van der Waals surface area contributed by atoms with Crippen molar-refractivity contribution in [3.63, 3.8) is 0 Å². The number of hydrogen-bond donors (Lipinski definition) is 0. The molecule has 0 bridgehead atoms. The van der Waals surface area contributed by atoms with Crippen LogP contribution in [0.25, 0.3) is 0 Å². The maximum Gasteiger partial charge on any atom is 0.404 e. The van der Waals surface area contributed by atoms with Crippen molar-refractivity contribution in [3.05, 3.63) is 35.9 Å². The van der Waals surface area contributed by atoms with Gasteiger partial charge in [-0.2, -0.15) is 0 Å². The molecule has 0 aromatic heterocycles. The molecule has 0 spiro atoms. The summed E-state index contributed by atoms with van der Waals surface area (Å²) < 4.78 is 4.96. The van der Waals surface area contributed by atoms with E-state index >= 15 is 0 Å². The van der Waals surface area contributed by atoms with Gasteiger partial charge in [0.05, 0.1) is 0 Å². The van der Waals surface area contributed by atoms with E-state index in [9.17, 15) is 4.79 Å². The fourth-order valence-electron chi connectivity index (χ4n) is 2.01. The van der Waals surface area contributed by atoms with Crippen LogP contribution in [0.15, 0.2) is 30.3 Å². The zero-order chi connectivity index (χ0) is 11.4. The first-order valence-corrected chi connectivity index (χ1v) is 5.74. The number of carbonyl (C=O) groups excluding carboxylic acids is 1. The highest BCUT2D eigenvalue weighted by Gasteiger charge is 2.24. The highest BCUT2D eigenvalue weighted by atomic mass is 35.5. The summed E-state index contributed by atoms with van der Waals surface area (Å²) >= 11 is 5.19. The van der Waals surface area contributed by atoms with E-state index in [1.54, 1.807) is 0 Å². The summed E-state index contributed by atoms with van der Waals surface area (Å²) in [4.78, 5) is 12.9. The van der Waals surface area contributed by atoms with E-state index < -0.39 is 5.43 Å².